The van der Waals surface area contributed by atoms with Gasteiger partial charge in [0.25, 0.3) is 5.69 Å². The summed E-state index contributed by atoms with van der Waals surface area (Å²) in [5.74, 6) is 0. The largest absolute Gasteiger partial charge is 0.368 e. The van der Waals surface area contributed by atoms with Crippen molar-refractivity contribution in [3.05, 3.63) is 33.9 Å². The summed E-state index contributed by atoms with van der Waals surface area (Å²) in [5.41, 5.74) is 1.19. The van der Waals surface area contributed by atoms with Crippen molar-refractivity contribution < 1.29 is 9.72 Å². The third kappa shape index (κ3) is 2.48. The van der Waals surface area contributed by atoms with Gasteiger partial charge in [-0.1, -0.05) is 0 Å². The van der Waals surface area contributed by atoms with Crippen molar-refractivity contribution in [2.24, 2.45) is 0 Å². The van der Waals surface area contributed by atoms with Crippen LogP contribution in [0.4, 0.5) is 11.4 Å². The van der Waals surface area contributed by atoms with Gasteiger partial charge in [-0.05, 0) is 13.1 Å². The van der Waals surface area contributed by atoms with Gasteiger partial charge < -0.3 is 9.80 Å². The average Bonchev–Trinajstić information content (AvgIpc) is 2.39. The molecule has 0 spiro atoms. The molecule has 0 unspecified atom stereocenters. The van der Waals surface area contributed by atoms with Crippen LogP contribution in [0.1, 0.15) is 10.4 Å². The summed E-state index contributed by atoms with van der Waals surface area (Å²) in [6.07, 6.45) is 0.747. The zero-order valence-corrected chi connectivity index (χ0v) is 10.2. The van der Waals surface area contributed by atoms with Gasteiger partial charge in [0.05, 0.1) is 10.6 Å². The fourth-order valence-corrected chi connectivity index (χ4v) is 2.07. The lowest BCUT2D eigenvalue weighted by Crippen LogP contribution is -2.44. The lowest BCUT2D eigenvalue weighted by atomic mass is 10.1. The van der Waals surface area contributed by atoms with E-state index in [1.165, 1.54) is 18.2 Å². The SMILES string of the molecule is CN1CCN(c2cc([N+](=O)[O-])ccc2C=O)CC1. The van der Waals surface area contributed by atoms with Gasteiger partial charge in [-0.3, -0.25) is 14.9 Å². The second-order valence-electron chi connectivity index (χ2n) is 4.41. The molecule has 1 aliphatic rings. The molecule has 0 saturated carbocycles. The molecule has 0 radical (unpaired) electrons. The monoisotopic (exact) mass is 249 g/mol. The molecule has 0 bridgehead atoms. The van der Waals surface area contributed by atoms with Crippen LogP contribution in [0.2, 0.25) is 0 Å². The molecule has 0 amide bonds. The fourth-order valence-electron chi connectivity index (χ4n) is 2.07. The van der Waals surface area contributed by atoms with E-state index in [-0.39, 0.29) is 5.69 Å². The van der Waals surface area contributed by atoms with Gasteiger partial charge >= 0.3 is 0 Å². The standard InChI is InChI=1S/C12H15N3O3/c1-13-4-6-14(7-5-13)12-8-11(15(17)18)3-2-10(12)9-16/h2-3,8-9H,4-7H2,1H3. The van der Waals surface area contributed by atoms with E-state index in [1.54, 1.807) is 0 Å². The zero-order valence-electron chi connectivity index (χ0n) is 10.2. The van der Waals surface area contributed by atoms with Gasteiger partial charge in [-0.25, -0.2) is 0 Å². The first-order valence-corrected chi connectivity index (χ1v) is 5.79. The fraction of sp³-hybridized carbons (Fsp3) is 0.417. The summed E-state index contributed by atoms with van der Waals surface area (Å²) in [5, 5.41) is 10.8. The number of benzene rings is 1. The third-order valence-corrected chi connectivity index (χ3v) is 3.20. The molecule has 1 aromatic carbocycles. The second kappa shape index (κ2) is 5.14. The Labute approximate surface area is 105 Å². The number of non-ortho nitro benzene ring substituents is 1. The number of nitro groups is 1. The maximum Gasteiger partial charge on any atom is 0.271 e. The van der Waals surface area contributed by atoms with Gasteiger partial charge in [0, 0.05) is 43.9 Å². The zero-order chi connectivity index (χ0) is 13.1. The molecule has 1 saturated heterocycles. The Morgan fingerprint density at radius 1 is 1.28 bits per heavy atom. The highest BCUT2D eigenvalue weighted by atomic mass is 16.6. The van der Waals surface area contributed by atoms with Crippen LogP contribution in [-0.4, -0.2) is 49.3 Å². The summed E-state index contributed by atoms with van der Waals surface area (Å²) >= 11 is 0. The molecule has 96 valence electrons. The van der Waals surface area contributed by atoms with Crippen LogP contribution in [0.25, 0.3) is 0 Å². The minimum absolute atomic E-state index is 0.0227. The summed E-state index contributed by atoms with van der Waals surface area (Å²) in [6.45, 7) is 3.33. The summed E-state index contributed by atoms with van der Waals surface area (Å²) in [7, 11) is 2.03. The molecule has 6 nitrogen and oxygen atoms in total. The van der Waals surface area contributed by atoms with Crippen molar-refractivity contribution in [1.29, 1.82) is 0 Å². The van der Waals surface area contributed by atoms with Crippen LogP contribution in [0, 0.1) is 10.1 Å². The van der Waals surface area contributed by atoms with E-state index in [0.29, 0.717) is 11.3 Å². The Kier molecular flexibility index (Phi) is 3.57. The topological polar surface area (TPSA) is 66.7 Å². The highest BCUT2D eigenvalue weighted by molar-refractivity contribution is 5.85. The van der Waals surface area contributed by atoms with Crippen molar-refractivity contribution in [1.82, 2.24) is 4.90 Å². The molecular formula is C12H15N3O3. The highest BCUT2D eigenvalue weighted by Gasteiger charge is 2.19. The highest BCUT2D eigenvalue weighted by Crippen LogP contribution is 2.25. The van der Waals surface area contributed by atoms with Crippen LogP contribution < -0.4 is 4.90 Å². The van der Waals surface area contributed by atoms with E-state index in [1.807, 2.05) is 11.9 Å². The number of likely N-dealkylation sites (N-methyl/N-ethyl adjacent to an activating group) is 1. The summed E-state index contributed by atoms with van der Waals surface area (Å²) < 4.78 is 0. The van der Waals surface area contributed by atoms with Crippen LogP contribution in [0.5, 0.6) is 0 Å². The third-order valence-electron chi connectivity index (χ3n) is 3.20. The van der Waals surface area contributed by atoms with E-state index in [4.69, 9.17) is 0 Å². The van der Waals surface area contributed by atoms with Crippen LogP contribution in [0.3, 0.4) is 0 Å². The molecule has 1 fully saturated rings. The van der Waals surface area contributed by atoms with Crippen molar-refractivity contribution in [2.75, 3.05) is 38.1 Å². The van der Waals surface area contributed by atoms with Crippen LogP contribution in [-0.2, 0) is 0 Å². The van der Waals surface area contributed by atoms with Crippen LogP contribution in [0.15, 0.2) is 18.2 Å². The Hall–Kier alpha value is -1.95. The number of carbonyl (C=O) groups is 1. The van der Waals surface area contributed by atoms with E-state index in [2.05, 4.69) is 4.90 Å². The predicted molar refractivity (Wildman–Crippen MR) is 68.2 cm³/mol. The molecule has 2 rings (SSSR count). The van der Waals surface area contributed by atoms with E-state index < -0.39 is 4.92 Å². The van der Waals surface area contributed by atoms with Gasteiger partial charge in [-0.15, -0.1) is 0 Å². The number of nitrogens with zero attached hydrogens (tertiary/aromatic N) is 3. The number of hydrogen-bond acceptors (Lipinski definition) is 5. The molecule has 0 N–H and O–H groups in total. The molecule has 0 aromatic heterocycles. The van der Waals surface area contributed by atoms with Gasteiger partial charge in [0.1, 0.15) is 0 Å². The quantitative estimate of drug-likeness (QED) is 0.457. The number of hydrogen-bond donors (Lipinski definition) is 0. The van der Waals surface area contributed by atoms with Crippen LogP contribution >= 0.6 is 0 Å². The first kappa shape index (κ1) is 12.5. The minimum Gasteiger partial charge on any atom is -0.368 e. The Morgan fingerprint density at radius 3 is 2.50 bits per heavy atom. The second-order valence-corrected chi connectivity index (χ2v) is 4.41. The molecule has 0 atom stereocenters. The van der Waals surface area contributed by atoms with Gasteiger partial charge in [-0.2, -0.15) is 0 Å². The Balaban J connectivity index is 2.32. The molecule has 1 heterocycles. The smallest absolute Gasteiger partial charge is 0.271 e. The predicted octanol–water partition coefficient (Wildman–Crippen LogP) is 1.16. The summed E-state index contributed by atoms with van der Waals surface area (Å²) in [4.78, 5) is 25.6. The molecule has 18 heavy (non-hydrogen) atoms. The van der Waals surface area contributed by atoms with E-state index in [0.717, 1.165) is 32.5 Å². The summed E-state index contributed by atoms with van der Waals surface area (Å²) in [6, 6.07) is 4.36. The van der Waals surface area contributed by atoms with Gasteiger partial charge in [0.15, 0.2) is 6.29 Å². The van der Waals surface area contributed by atoms with E-state index in [9.17, 15) is 14.9 Å². The Bertz CT molecular complexity index is 468. The molecule has 1 aliphatic heterocycles. The van der Waals surface area contributed by atoms with Gasteiger partial charge in [0.2, 0.25) is 0 Å². The first-order valence-electron chi connectivity index (χ1n) is 5.79. The average molecular weight is 249 g/mol. The molecule has 1 aromatic rings. The lowest BCUT2D eigenvalue weighted by Gasteiger charge is -2.34. The number of rotatable bonds is 3. The molecule has 0 aliphatic carbocycles. The van der Waals surface area contributed by atoms with Crippen molar-refractivity contribution in [3.8, 4) is 0 Å². The maximum atomic E-state index is 11.0. The first-order chi connectivity index (χ1) is 8.61. The molecular weight excluding hydrogens is 234 g/mol. The Morgan fingerprint density at radius 2 is 1.94 bits per heavy atom. The van der Waals surface area contributed by atoms with E-state index >= 15 is 0 Å². The number of nitro benzene ring substituents is 1. The minimum atomic E-state index is -0.436. The number of aldehydes is 1. The number of anilines is 1. The lowest BCUT2D eigenvalue weighted by molar-refractivity contribution is -0.384. The van der Waals surface area contributed by atoms with Crippen molar-refractivity contribution in [2.45, 2.75) is 0 Å². The number of carbonyl (C=O) groups excluding carboxylic acids is 1. The number of piperazine rings is 1. The van der Waals surface area contributed by atoms with Crippen molar-refractivity contribution >= 4 is 17.7 Å². The molecule has 6 heteroatoms. The normalized spacial score (nSPS) is 16.6. The maximum absolute atomic E-state index is 11.0. The van der Waals surface area contributed by atoms with Crippen molar-refractivity contribution in [3.63, 3.8) is 0 Å².